The van der Waals surface area contributed by atoms with Gasteiger partial charge in [0.05, 0.1) is 6.04 Å². The van der Waals surface area contributed by atoms with Gasteiger partial charge in [-0.25, -0.2) is 0 Å². The monoisotopic (exact) mass is 362 g/mol. The zero-order valence-electron chi connectivity index (χ0n) is 12.2. The maximum absolute atomic E-state index is 5.36. The van der Waals surface area contributed by atoms with Gasteiger partial charge in [-0.1, -0.05) is 47.1 Å². The Morgan fingerprint density at radius 1 is 1.10 bits per heavy atom. The van der Waals surface area contributed by atoms with Crippen LogP contribution in [0.5, 0.6) is 0 Å². The Hall–Kier alpha value is -1.39. The number of rotatable bonds is 4. The molecule has 0 saturated carbocycles. The lowest BCUT2D eigenvalue weighted by molar-refractivity contribution is 0.722. The first-order valence-corrected chi connectivity index (χ1v) is 8.20. The van der Waals surface area contributed by atoms with Gasteiger partial charge in [-0.05, 0) is 61.0 Å². The first kappa shape index (κ1) is 16.0. The Bertz CT molecular complexity index is 593. The van der Waals surface area contributed by atoms with Gasteiger partial charge in [0.25, 0.3) is 0 Å². The van der Waals surface area contributed by atoms with E-state index in [1.54, 1.807) is 0 Å². The molecule has 0 aliphatic rings. The van der Waals surface area contributed by atoms with Crippen molar-refractivity contribution in [3.8, 4) is 0 Å². The molecule has 0 spiro atoms. The van der Waals surface area contributed by atoms with E-state index in [1.165, 1.54) is 11.1 Å². The average molecular weight is 363 g/mol. The molecule has 0 aliphatic heterocycles. The second kappa shape index (κ2) is 7.57. The molecule has 2 N–H and O–H groups in total. The van der Waals surface area contributed by atoms with Crippen LogP contribution >= 0.6 is 28.1 Å². The van der Waals surface area contributed by atoms with Crippen LogP contribution < -0.4 is 10.6 Å². The standard InChI is InChI=1S/C17H19BrN2S/c1-3-13-4-6-14(7-5-13)12(2)19-17(21)20-16-10-8-15(18)9-11-16/h4-12H,3H2,1-2H3,(H2,19,20,21). The summed E-state index contributed by atoms with van der Waals surface area (Å²) in [5.41, 5.74) is 3.55. The smallest absolute Gasteiger partial charge is 0.171 e. The molecule has 0 saturated heterocycles. The van der Waals surface area contributed by atoms with E-state index in [0.717, 1.165) is 16.6 Å². The minimum atomic E-state index is 0.173. The molecule has 0 fully saturated rings. The summed E-state index contributed by atoms with van der Waals surface area (Å²) in [6.45, 7) is 4.27. The molecule has 2 aromatic rings. The van der Waals surface area contributed by atoms with Gasteiger partial charge >= 0.3 is 0 Å². The van der Waals surface area contributed by atoms with Crippen molar-refractivity contribution in [1.29, 1.82) is 0 Å². The molecule has 21 heavy (non-hydrogen) atoms. The quantitative estimate of drug-likeness (QED) is 0.743. The van der Waals surface area contributed by atoms with Crippen molar-refractivity contribution in [1.82, 2.24) is 5.32 Å². The van der Waals surface area contributed by atoms with Gasteiger partial charge < -0.3 is 10.6 Å². The molecule has 2 aromatic carbocycles. The van der Waals surface area contributed by atoms with E-state index in [1.807, 2.05) is 24.3 Å². The van der Waals surface area contributed by atoms with Crippen LogP contribution in [0.4, 0.5) is 5.69 Å². The van der Waals surface area contributed by atoms with Crippen molar-refractivity contribution in [2.45, 2.75) is 26.3 Å². The molecule has 4 heteroatoms. The fraction of sp³-hybridized carbons (Fsp3) is 0.235. The van der Waals surface area contributed by atoms with E-state index in [9.17, 15) is 0 Å². The van der Waals surface area contributed by atoms with Crippen LogP contribution in [-0.2, 0) is 6.42 Å². The number of benzene rings is 2. The molecule has 0 amide bonds. The number of hydrogen-bond donors (Lipinski definition) is 2. The molecular weight excluding hydrogens is 344 g/mol. The highest BCUT2D eigenvalue weighted by molar-refractivity contribution is 9.10. The van der Waals surface area contributed by atoms with E-state index in [2.05, 4.69) is 64.7 Å². The lowest BCUT2D eigenvalue weighted by Crippen LogP contribution is -2.30. The lowest BCUT2D eigenvalue weighted by atomic mass is 10.1. The van der Waals surface area contributed by atoms with Gasteiger partial charge in [0.1, 0.15) is 0 Å². The number of halogens is 1. The molecule has 0 radical (unpaired) electrons. The Morgan fingerprint density at radius 2 is 1.71 bits per heavy atom. The van der Waals surface area contributed by atoms with E-state index in [4.69, 9.17) is 12.2 Å². The summed E-state index contributed by atoms with van der Waals surface area (Å²) in [4.78, 5) is 0. The van der Waals surface area contributed by atoms with E-state index in [0.29, 0.717) is 5.11 Å². The highest BCUT2D eigenvalue weighted by Crippen LogP contribution is 2.16. The van der Waals surface area contributed by atoms with Gasteiger partial charge in [0.2, 0.25) is 0 Å². The average Bonchev–Trinajstić information content (AvgIpc) is 2.49. The predicted octanol–water partition coefficient (Wildman–Crippen LogP) is 5.06. The van der Waals surface area contributed by atoms with Crippen LogP contribution in [-0.4, -0.2) is 5.11 Å². The maximum atomic E-state index is 5.36. The predicted molar refractivity (Wildman–Crippen MR) is 97.7 cm³/mol. The number of thiocarbonyl (C=S) groups is 1. The Kier molecular flexibility index (Phi) is 5.76. The molecule has 1 atom stereocenters. The maximum Gasteiger partial charge on any atom is 0.171 e. The molecule has 0 bridgehead atoms. The third-order valence-electron chi connectivity index (χ3n) is 3.34. The Morgan fingerprint density at radius 3 is 2.29 bits per heavy atom. The highest BCUT2D eigenvalue weighted by atomic mass is 79.9. The fourth-order valence-electron chi connectivity index (χ4n) is 2.02. The molecule has 0 aliphatic carbocycles. The Labute approximate surface area is 140 Å². The zero-order chi connectivity index (χ0) is 15.2. The second-order valence-corrected chi connectivity index (χ2v) is 6.25. The first-order chi connectivity index (χ1) is 10.1. The third-order valence-corrected chi connectivity index (χ3v) is 4.09. The molecular formula is C17H19BrN2S. The van der Waals surface area contributed by atoms with Crippen molar-refractivity contribution >= 4 is 38.9 Å². The molecule has 0 heterocycles. The molecule has 2 rings (SSSR count). The molecule has 0 aromatic heterocycles. The lowest BCUT2D eigenvalue weighted by Gasteiger charge is -2.17. The minimum absolute atomic E-state index is 0.173. The minimum Gasteiger partial charge on any atom is -0.356 e. The SMILES string of the molecule is CCc1ccc(C(C)NC(=S)Nc2ccc(Br)cc2)cc1. The Balaban J connectivity index is 1.93. The summed E-state index contributed by atoms with van der Waals surface area (Å²) in [6, 6.07) is 16.7. The van der Waals surface area contributed by atoms with Gasteiger partial charge in [0.15, 0.2) is 5.11 Å². The van der Waals surface area contributed by atoms with Gasteiger partial charge in [-0.2, -0.15) is 0 Å². The van der Waals surface area contributed by atoms with Crippen LogP contribution in [0.25, 0.3) is 0 Å². The van der Waals surface area contributed by atoms with Crippen LogP contribution in [0.1, 0.15) is 31.0 Å². The van der Waals surface area contributed by atoms with Crippen LogP contribution in [0.3, 0.4) is 0 Å². The van der Waals surface area contributed by atoms with Crippen LogP contribution in [0.15, 0.2) is 53.0 Å². The summed E-state index contributed by atoms with van der Waals surface area (Å²) in [5, 5.41) is 7.13. The first-order valence-electron chi connectivity index (χ1n) is 7.00. The van der Waals surface area contributed by atoms with Gasteiger partial charge in [-0.3, -0.25) is 0 Å². The molecule has 1 unspecified atom stereocenters. The van der Waals surface area contributed by atoms with Crippen LogP contribution in [0, 0.1) is 0 Å². The second-order valence-electron chi connectivity index (χ2n) is 4.92. The van der Waals surface area contributed by atoms with Crippen molar-refractivity contribution < 1.29 is 0 Å². The summed E-state index contributed by atoms with van der Waals surface area (Å²) in [5.74, 6) is 0. The fourth-order valence-corrected chi connectivity index (χ4v) is 2.58. The van der Waals surface area contributed by atoms with Crippen LogP contribution in [0.2, 0.25) is 0 Å². The van der Waals surface area contributed by atoms with Crippen molar-refractivity contribution in [3.05, 3.63) is 64.1 Å². The number of anilines is 1. The summed E-state index contributed by atoms with van der Waals surface area (Å²) in [6.07, 6.45) is 1.06. The number of aryl methyl sites for hydroxylation is 1. The van der Waals surface area contributed by atoms with Gasteiger partial charge in [-0.15, -0.1) is 0 Å². The van der Waals surface area contributed by atoms with Crippen molar-refractivity contribution in [2.24, 2.45) is 0 Å². The summed E-state index contributed by atoms with van der Waals surface area (Å²) in [7, 11) is 0. The van der Waals surface area contributed by atoms with Gasteiger partial charge in [0, 0.05) is 10.2 Å². The third kappa shape index (κ3) is 4.83. The van der Waals surface area contributed by atoms with E-state index in [-0.39, 0.29) is 6.04 Å². The highest BCUT2D eigenvalue weighted by Gasteiger charge is 2.07. The zero-order valence-corrected chi connectivity index (χ0v) is 14.6. The molecule has 2 nitrogen and oxygen atoms in total. The van der Waals surface area contributed by atoms with Crippen molar-refractivity contribution in [2.75, 3.05) is 5.32 Å². The summed E-state index contributed by atoms with van der Waals surface area (Å²) < 4.78 is 1.05. The van der Waals surface area contributed by atoms with E-state index < -0.39 is 0 Å². The van der Waals surface area contributed by atoms with E-state index >= 15 is 0 Å². The number of nitrogens with one attached hydrogen (secondary N) is 2. The normalized spacial score (nSPS) is 11.8. The molecule has 110 valence electrons. The largest absolute Gasteiger partial charge is 0.356 e. The number of hydrogen-bond acceptors (Lipinski definition) is 1. The topological polar surface area (TPSA) is 24.1 Å². The van der Waals surface area contributed by atoms with Crippen molar-refractivity contribution in [3.63, 3.8) is 0 Å². The summed E-state index contributed by atoms with van der Waals surface area (Å²) >= 11 is 8.78.